The van der Waals surface area contributed by atoms with Crippen LogP contribution in [0.15, 0.2) is 40.9 Å². The minimum absolute atomic E-state index is 0.260. The lowest BCUT2D eigenvalue weighted by Gasteiger charge is -2.20. The maximum absolute atomic E-state index is 3.59. The summed E-state index contributed by atoms with van der Waals surface area (Å²) in [6, 6.07) is 12.8. The van der Waals surface area contributed by atoms with Crippen LogP contribution < -0.4 is 5.43 Å². The SMILES string of the molecule is Cc1ccc(C)n1NC(C)c1ccccc1Br. The maximum atomic E-state index is 3.59. The highest BCUT2D eigenvalue weighted by Gasteiger charge is 2.10. The zero-order chi connectivity index (χ0) is 12.4. The molecule has 17 heavy (non-hydrogen) atoms. The van der Waals surface area contributed by atoms with Crippen LogP contribution >= 0.6 is 15.9 Å². The first kappa shape index (κ1) is 12.2. The summed E-state index contributed by atoms with van der Waals surface area (Å²) in [4.78, 5) is 0. The molecule has 0 amide bonds. The normalized spacial score (nSPS) is 12.5. The average molecular weight is 293 g/mol. The van der Waals surface area contributed by atoms with E-state index in [1.54, 1.807) is 0 Å². The van der Waals surface area contributed by atoms with Crippen LogP contribution in [-0.2, 0) is 0 Å². The van der Waals surface area contributed by atoms with Crippen molar-refractivity contribution in [2.75, 3.05) is 5.43 Å². The van der Waals surface area contributed by atoms with Gasteiger partial charge in [-0.3, -0.25) is 4.68 Å². The van der Waals surface area contributed by atoms with Gasteiger partial charge in [-0.2, -0.15) is 0 Å². The van der Waals surface area contributed by atoms with Crippen molar-refractivity contribution in [2.24, 2.45) is 0 Å². The molecule has 3 heteroatoms. The summed E-state index contributed by atoms with van der Waals surface area (Å²) in [6.07, 6.45) is 0. The first-order chi connectivity index (χ1) is 8.09. The Morgan fingerprint density at radius 1 is 1.06 bits per heavy atom. The van der Waals surface area contributed by atoms with Gasteiger partial charge < -0.3 is 5.43 Å². The van der Waals surface area contributed by atoms with E-state index in [2.05, 4.69) is 77.1 Å². The smallest absolute Gasteiger partial charge is 0.0656 e. The van der Waals surface area contributed by atoms with Gasteiger partial charge in [-0.05, 0) is 44.5 Å². The third-order valence-electron chi connectivity index (χ3n) is 2.97. The molecular weight excluding hydrogens is 276 g/mol. The molecule has 1 aromatic carbocycles. The van der Waals surface area contributed by atoms with Gasteiger partial charge in [-0.1, -0.05) is 34.1 Å². The molecule has 2 rings (SSSR count). The third-order valence-corrected chi connectivity index (χ3v) is 3.69. The molecule has 0 aliphatic carbocycles. The minimum atomic E-state index is 0.260. The molecule has 0 spiro atoms. The molecule has 0 aliphatic heterocycles. The maximum Gasteiger partial charge on any atom is 0.0656 e. The topological polar surface area (TPSA) is 17.0 Å². The quantitative estimate of drug-likeness (QED) is 0.898. The van der Waals surface area contributed by atoms with E-state index in [0.717, 1.165) is 4.47 Å². The van der Waals surface area contributed by atoms with Gasteiger partial charge in [0.1, 0.15) is 0 Å². The van der Waals surface area contributed by atoms with Gasteiger partial charge in [0.2, 0.25) is 0 Å². The van der Waals surface area contributed by atoms with Crippen molar-refractivity contribution in [3.8, 4) is 0 Å². The van der Waals surface area contributed by atoms with Crippen LogP contribution in [0, 0.1) is 13.8 Å². The number of benzene rings is 1. The minimum Gasteiger partial charge on any atom is -0.319 e. The molecule has 0 saturated carbocycles. The first-order valence-electron chi connectivity index (χ1n) is 5.75. The molecule has 1 N–H and O–H groups in total. The van der Waals surface area contributed by atoms with Crippen molar-refractivity contribution >= 4 is 15.9 Å². The summed E-state index contributed by atoms with van der Waals surface area (Å²) in [6.45, 7) is 6.37. The van der Waals surface area contributed by atoms with Crippen molar-refractivity contribution in [1.82, 2.24) is 4.68 Å². The second-order valence-electron chi connectivity index (χ2n) is 4.32. The predicted octanol–water partition coefficient (Wildman–Crippen LogP) is 4.17. The van der Waals surface area contributed by atoms with Gasteiger partial charge in [0, 0.05) is 15.9 Å². The number of aryl methyl sites for hydroxylation is 2. The molecule has 0 fully saturated rings. The summed E-state index contributed by atoms with van der Waals surface area (Å²) < 4.78 is 3.27. The standard InChI is InChI=1S/C14H17BrN2/c1-10-8-9-11(2)17(10)16-12(3)13-6-4-5-7-14(13)15/h4-9,12,16H,1-3H3. The molecule has 90 valence electrons. The lowest BCUT2D eigenvalue weighted by atomic mass is 10.1. The van der Waals surface area contributed by atoms with Crippen molar-refractivity contribution in [3.05, 3.63) is 57.8 Å². The van der Waals surface area contributed by atoms with E-state index in [4.69, 9.17) is 0 Å². The van der Waals surface area contributed by atoms with E-state index in [9.17, 15) is 0 Å². The lowest BCUT2D eigenvalue weighted by molar-refractivity contribution is 0.697. The van der Waals surface area contributed by atoms with E-state index >= 15 is 0 Å². The van der Waals surface area contributed by atoms with Crippen molar-refractivity contribution in [3.63, 3.8) is 0 Å². The fourth-order valence-electron chi connectivity index (χ4n) is 1.96. The van der Waals surface area contributed by atoms with Gasteiger partial charge in [-0.15, -0.1) is 0 Å². The number of halogens is 1. The molecule has 0 aliphatic rings. The highest BCUT2D eigenvalue weighted by Crippen LogP contribution is 2.24. The number of rotatable bonds is 3. The Hall–Kier alpha value is -1.22. The number of nitrogens with zero attached hydrogens (tertiary/aromatic N) is 1. The molecular formula is C14H17BrN2. The fraction of sp³-hybridized carbons (Fsp3) is 0.286. The Morgan fingerprint density at radius 3 is 2.24 bits per heavy atom. The predicted molar refractivity (Wildman–Crippen MR) is 75.8 cm³/mol. The van der Waals surface area contributed by atoms with Crippen molar-refractivity contribution in [2.45, 2.75) is 26.8 Å². The summed E-state index contributed by atoms with van der Waals surface area (Å²) >= 11 is 3.59. The van der Waals surface area contributed by atoms with E-state index in [1.807, 2.05) is 6.07 Å². The second-order valence-corrected chi connectivity index (χ2v) is 5.18. The Balaban J connectivity index is 2.23. The Bertz CT molecular complexity index is 497. The lowest BCUT2D eigenvalue weighted by Crippen LogP contribution is -2.21. The monoisotopic (exact) mass is 292 g/mol. The molecule has 1 heterocycles. The van der Waals surface area contributed by atoms with Crippen LogP contribution in [0.5, 0.6) is 0 Å². The summed E-state index contributed by atoms with van der Waals surface area (Å²) in [5.74, 6) is 0. The summed E-state index contributed by atoms with van der Waals surface area (Å²) in [5, 5.41) is 0. The molecule has 0 saturated heterocycles. The van der Waals surface area contributed by atoms with E-state index in [1.165, 1.54) is 17.0 Å². The van der Waals surface area contributed by atoms with Crippen molar-refractivity contribution < 1.29 is 0 Å². The van der Waals surface area contributed by atoms with E-state index in [0.29, 0.717) is 0 Å². The average Bonchev–Trinajstić information content (AvgIpc) is 2.61. The molecule has 1 unspecified atom stereocenters. The Morgan fingerprint density at radius 2 is 1.65 bits per heavy atom. The van der Waals surface area contributed by atoms with Gasteiger partial charge in [0.15, 0.2) is 0 Å². The van der Waals surface area contributed by atoms with E-state index in [-0.39, 0.29) is 6.04 Å². The van der Waals surface area contributed by atoms with E-state index < -0.39 is 0 Å². The van der Waals surface area contributed by atoms with Gasteiger partial charge in [-0.25, -0.2) is 0 Å². The van der Waals surface area contributed by atoms with Gasteiger partial charge in [0.25, 0.3) is 0 Å². The highest BCUT2D eigenvalue weighted by molar-refractivity contribution is 9.10. The summed E-state index contributed by atoms with van der Waals surface area (Å²) in [7, 11) is 0. The molecule has 2 nitrogen and oxygen atoms in total. The number of hydrogen-bond acceptors (Lipinski definition) is 1. The van der Waals surface area contributed by atoms with Crippen LogP contribution in [0.1, 0.15) is 29.9 Å². The fourth-order valence-corrected chi connectivity index (χ4v) is 2.59. The first-order valence-corrected chi connectivity index (χ1v) is 6.55. The molecule has 2 aromatic rings. The van der Waals surface area contributed by atoms with Crippen LogP contribution in [0.25, 0.3) is 0 Å². The zero-order valence-electron chi connectivity index (χ0n) is 10.4. The largest absolute Gasteiger partial charge is 0.319 e. The highest BCUT2D eigenvalue weighted by atomic mass is 79.9. The van der Waals surface area contributed by atoms with Crippen LogP contribution in [0.2, 0.25) is 0 Å². The van der Waals surface area contributed by atoms with Crippen molar-refractivity contribution in [1.29, 1.82) is 0 Å². The number of nitrogens with one attached hydrogen (secondary N) is 1. The summed E-state index contributed by atoms with van der Waals surface area (Å²) in [5.41, 5.74) is 7.21. The number of aromatic nitrogens is 1. The third kappa shape index (κ3) is 2.55. The van der Waals surface area contributed by atoms with Gasteiger partial charge >= 0.3 is 0 Å². The van der Waals surface area contributed by atoms with Gasteiger partial charge in [0.05, 0.1) is 6.04 Å². The Labute approximate surface area is 111 Å². The molecule has 1 atom stereocenters. The molecule has 1 aromatic heterocycles. The van der Waals surface area contributed by atoms with Crippen LogP contribution in [0.4, 0.5) is 0 Å². The molecule has 0 bridgehead atoms. The second kappa shape index (κ2) is 4.96. The Kier molecular flexibility index (Phi) is 3.57. The van der Waals surface area contributed by atoms with Crippen LogP contribution in [0.3, 0.4) is 0 Å². The van der Waals surface area contributed by atoms with Crippen LogP contribution in [-0.4, -0.2) is 4.68 Å². The zero-order valence-corrected chi connectivity index (χ0v) is 12.0. The molecule has 0 radical (unpaired) electrons. The number of hydrogen-bond donors (Lipinski definition) is 1.